The van der Waals surface area contributed by atoms with E-state index in [1.54, 1.807) is 0 Å². The van der Waals surface area contributed by atoms with Gasteiger partial charge in [-0.2, -0.15) is 0 Å². The summed E-state index contributed by atoms with van der Waals surface area (Å²) in [5, 5.41) is 0. The number of hydrogen-bond acceptors (Lipinski definition) is 3. The van der Waals surface area contributed by atoms with Crippen LogP contribution in [0.3, 0.4) is 0 Å². The second-order valence-electron chi connectivity index (χ2n) is 3.33. The summed E-state index contributed by atoms with van der Waals surface area (Å²) < 4.78 is 0. The topological polar surface area (TPSA) is 74.4 Å². The van der Waals surface area contributed by atoms with Gasteiger partial charge in [-0.05, 0) is 12.8 Å². The molecule has 1 saturated carbocycles. The Kier molecular flexibility index (Phi) is 1.15. The monoisotopic (exact) mass is 176 g/mol. The number of nitrogens with zero attached hydrogens (tertiary/aromatic N) is 2. The molecule has 0 radical (unpaired) electrons. The quantitative estimate of drug-likeness (QED) is 0.665. The number of nitrogens with one attached hydrogen (secondary N) is 2. The summed E-state index contributed by atoms with van der Waals surface area (Å²) >= 11 is 0. The number of imidazole rings is 1. The predicted molar refractivity (Wildman–Crippen MR) is 46.5 cm³/mol. The first kappa shape index (κ1) is 6.82. The Balaban J connectivity index is 2.32. The molecule has 13 heavy (non-hydrogen) atoms. The van der Waals surface area contributed by atoms with Crippen molar-refractivity contribution in [3.8, 4) is 0 Å². The maximum atomic E-state index is 11.3. The molecule has 0 amide bonds. The van der Waals surface area contributed by atoms with Crippen molar-refractivity contribution in [2.75, 3.05) is 0 Å². The van der Waals surface area contributed by atoms with E-state index in [0.717, 1.165) is 18.7 Å². The summed E-state index contributed by atoms with van der Waals surface area (Å²) in [6, 6.07) is 0. The molecule has 1 aliphatic carbocycles. The molecule has 3 rings (SSSR count). The third-order valence-corrected chi connectivity index (χ3v) is 2.27. The van der Waals surface area contributed by atoms with E-state index in [9.17, 15) is 4.79 Å². The van der Waals surface area contributed by atoms with Crippen LogP contribution in [-0.4, -0.2) is 19.9 Å². The van der Waals surface area contributed by atoms with Gasteiger partial charge in [-0.3, -0.25) is 4.79 Å². The summed E-state index contributed by atoms with van der Waals surface area (Å²) in [6.07, 6.45) is 3.72. The third kappa shape index (κ3) is 0.965. The first-order chi connectivity index (χ1) is 6.34. The van der Waals surface area contributed by atoms with Gasteiger partial charge in [-0.25, -0.2) is 9.97 Å². The Bertz CT molecular complexity index is 508. The van der Waals surface area contributed by atoms with Gasteiger partial charge in [0.1, 0.15) is 5.82 Å². The molecule has 0 atom stereocenters. The number of H-pyrrole nitrogens is 2. The van der Waals surface area contributed by atoms with Crippen LogP contribution in [0.2, 0.25) is 0 Å². The van der Waals surface area contributed by atoms with Crippen molar-refractivity contribution in [2.45, 2.75) is 18.8 Å². The summed E-state index contributed by atoms with van der Waals surface area (Å²) in [7, 11) is 0. The fourth-order valence-corrected chi connectivity index (χ4v) is 1.41. The maximum Gasteiger partial charge on any atom is 0.278 e. The Hall–Kier alpha value is -1.65. The van der Waals surface area contributed by atoms with Gasteiger partial charge >= 0.3 is 0 Å². The Labute approximate surface area is 73.2 Å². The molecule has 5 nitrogen and oxygen atoms in total. The van der Waals surface area contributed by atoms with Gasteiger partial charge in [0.25, 0.3) is 5.56 Å². The second-order valence-corrected chi connectivity index (χ2v) is 3.33. The molecule has 0 spiro atoms. The van der Waals surface area contributed by atoms with Gasteiger partial charge in [-0.1, -0.05) is 0 Å². The lowest BCUT2D eigenvalue weighted by Crippen LogP contribution is -2.05. The summed E-state index contributed by atoms with van der Waals surface area (Å²) in [5.74, 6) is 1.42. The highest BCUT2D eigenvalue weighted by Crippen LogP contribution is 2.38. The largest absolute Gasteiger partial charge is 0.326 e. The molecule has 2 aromatic heterocycles. The number of fused-ring (bicyclic) bond motifs is 1. The second kappa shape index (κ2) is 2.18. The summed E-state index contributed by atoms with van der Waals surface area (Å²) in [6.45, 7) is 0. The van der Waals surface area contributed by atoms with Gasteiger partial charge in [-0.15, -0.1) is 0 Å². The van der Waals surface area contributed by atoms with Crippen LogP contribution in [0, 0.1) is 0 Å². The molecular formula is C8H8N4O. The zero-order chi connectivity index (χ0) is 8.84. The van der Waals surface area contributed by atoms with Crippen molar-refractivity contribution in [2.24, 2.45) is 0 Å². The van der Waals surface area contributed by atoms with E-state index in [1.807, 2.05) is 0 Å². The van der Waals surface area contributed by atoms with Crippen molar-refractivity contribution >= 4 is 11.2 Å². The van der Waals surface area contributed by atoms with Crippen LogP contribution in [0.1, 0.15) is 24.6 Å². The molecule has 5 heteroatoms. The SMILES string of the molecule is O=c1[nH]cnc2[nH]c(C3CC3)nc12. The van der Waals surface area contributed by atoms with Gasteiger partial charge in [0.05, 0.1) is 6.33 Å². The predicted octanol–water partition coefficient (Wildman–Crippen LogP) is 0.524. The summed E-state index contributed by atoms with van der Waals surface area (Å²) in [4.78, 5) is 25.0. The minimum atomic E-state index is -0.173. The highest BCUT2D eigenvalue weighted by Gasteiger charge is 2.27. The van der Waals surface area contributed by atoms with Crippen LogP contribution in [-0.2, 0) is 0 Å². The van der Waals surface area contributed by atoms with Crippen molar-refractivity contribution in [3.63, 3.8) is 0 Å². The fourth-order valence-electron chi connectivity index (χ4n) is 1.41. The third-order valence-electron chi connectivity index (χ3n) is 2.27. The molecular weight excluding hydrogens is 168 g/mol. The molecule has 2 N–H and O–H groups in total. The minimum Gasteiger partial charge on any atom is -0.326 e. The summed E-state index contributed by atoms with van der Waals surface area (Å²) in [5.41, 5.74) is 0.836. The van der Waals surface area contributed by atoms with E-state index in [-0.39, 0.29) is 5.56 Å². The van der Waals surface area contributed by atoms with E-state index in [2.05, 4.69) is 19.9 Å². The molecule has 2 heterocycles. The number of rotatable bonds is 1. The van der Waals surface area contributed by atoms with Crippen LogP contribution in [0.4, 0.5) is 0 Å². The minimum absolute atomic E-state index is 0.173. The average Bonchev–Trinajstić information content (AvgIpc) is 2.87. The molecule has 2 aromatic rings. The van der Waals surface area contributed by atoms with Crippen molar-refractivity contribution in [3.05, 3.63) is 22.5 Å². The highest BCUT2D eigenvalue weighted by atomic mass is 16.1. The Morgan fingerprint density at radius 1 is 1.46 bits per heavy atom. The first-order valence-electron chi connectivity index (χ1n) is 4.28. The van der Waals surface area contributed by atoms with E-state index >= 15 is 0 Å². The zero-order valence-electron chi connectivity index (χ0n) is 6.87. The lowest BCUT2D eigenvalue weighted by atomic mass is 10.4. The van der Waals surface area contributed by atoms with E-state index in [4.69, 9.17) is 0 Å². The van der Waals surface area contributed by atoms with Gasteiger partial charge in [0.2, 0.25) is 0 Å². The van der Waals surface area contributed by atoms with Crippen LogP contribution in [0.5, 0.6) is 0 Å². The smallest absolute Gasteiger partial charge is 0.278 e. The standard InChI is InChI=1S/C8H8N4O/c13-8-5-7(9-3-10-8)12-6(11-5)4-1-2-4/h3-4H,1-2H2,(H2,9,10,11,12,13). The lowest BCUT2D eigenvalue weighted by Gasteiger charge is -1.83. The fraction of sp³-hybridized carbons (Fsp3) is 0.375. The molecule has 0 aromatic carbocycles. The molecule has 1 aliphatic rings. The highest BCUT2D eigenvalue weighted by molar-refractivity contribution is 5.68. The van der Waals surface area contributed by atoms with E-state index in [1.165, 1.54) is 6.33 Å². The molecule has 1 fully saturated rings. The van der Waals surface area contributed by atoms with E-state index < -0.39 is 0 Å². The maximum absolute atomic E-state index is 11.3. The number of hydrogen-bond donors (Lipinski definition) is 2. The average molecular weight is 176 g/mol. The van der Waals surface area contributed by atoms with E-state index in [0.29, 0.717) is 17.1 Å². The zero-order valence-corrected chi connectivity index (χ0v) is 6.87. The Morgan fingerprint density at radius 3 is 3.00 bits per heavy atom. The Morgan fingerprint density at radius 2 is 2.31 bits per heavy atom. The van der Waals surface area contributed by atoms with Gasteiger partial charge in [0, 0.05) is 5.92 Å². The molecule has 66 valence electrons. The number of aromatic nitrogens is 4. The van der Waals surface area contributed by atoms with Crippen LogP contribution in [0.15, 0.2) is 11.1 Å². The number of aromatic amines is 2. The lowest BCUT2D eigenvalue weighted by molar-refractivity contribution is 0.983. The van der Waals surface area contributed by atoms with Crippen LogP contribution in [0.25, 0.3) is 11.2 Å². The van der Waals surface area contributed by atoms with Gasteiger partial charge < -0.3 is 9.97 Å². The van der Waals surface area contributed by atoms with Crippen LogP contribution < -0.4 is 5.56 Å². The first-order valence-corrected chi connectivity index (χ1v) is 4.28. The molecule has 0 saturated heterocycles. The van der Waals surface area contributed by atoms with Crippen molar-refractivity contribution in [1.29, 1.82) is 0 Å². The van der Waals surface area contributed by atoms with Crippen molar-refractivity contribution in [1.82, 2.24) is 19.9 Å². The molecule has 0 unspecified atom stereocenters. The van der Waals surface area contributed by atoms with Gasteiger partial charge in [0.15, 0.2) is 11.2 Å². The van der Waals surface area contributed by atoms with Crippen LogP contribution >= 0.6 is 0 Å². The van der Waals surface area contributed by atoms with Crippen molar-refractivity contribution < 1.29 is 0 Å². The normalized spacial score (nSPS) is 16.6. The molecule has 0 aliphatic heterocycles. The molecule has 0 bridgehead atoms.